The average Bonchev–Trinajstić information content (AvgIpc) is 2.39. The molecule has 1 unspecified atom stereocenters. The zero-order valence-corrected chi connectivity index (χ0v) is 11.8. The van der Waals surface area contributed by atoms with Crippen LogP contribution in [0.1, 0.15) is 59.3 Å². The van der Waals surface area contributed by atoms with Gasteiger partial charge in [0.2, 0.25) is 0 Å². The molecule has 0 radical (unpaired) electrons. The number of carbonyl (C=O) groups is 1. The highest BCUT2D eigenvalue weighted by molar-refractivity contribution is 5.70. The van der Waals surface area contributed by atoms with Gasteiger partial charge in [-0.2, -0.15) is 0 Å². The minimum atomic E-state index is -0.0680. The fraction of sp³-hybridized carbons (Fsp3) is 0.929. The number of esters is 1. The SMILES string of the molecule is CCOC(=O)CC1(NC)CCCC(C)(C)CC1. The molecule has 1 saturated carbocycles. The van der Waals surface area contributed by atoms with Crippen molar-refractivity contribution in [3.05, 3.63) is 0 Å². The Kier molecular flexibility index (Phi) is 4.99. The van der Waals surface area contributed by atoms with E-state index in [9.17, 15) is 4.79 Å². The van der Waals surface area contributed by atoms with E-state index in [1.54, 1.807) is 0 Å². The quantitative estimate of drug-likeness (QED) is 0.607. The van der Waals surface area contributed by atoms with E-state index >= 15 is 0 Å². The van der Waals surface area contributed by atoms with Crippen molar-refractivity contribution < 1.29 is 9.53 Å². The van der Waals surface area contributed by atoms with Gasteiger partial charge in [-0.3, -0.25) is 4.79 Å². The lowest BCUT2D eigenvalue weighted by atomic mass is 9.82. The van der Waals surface area contributed by atoms with Gasteiger partial charge in [0.1, 0.15) is 0 Å². The van der Waals surface area contributed by atoms with Crippen LogP contribution in [0.3, 0.4) is 0 Å². The monoisotopic (exact) mass is 241 g/mol. The Hall–Kier alpha value is -0.570. The minimum Gasteiger partial charge on any atom is -0.466 e. The molecule has 17 heavy (non-hydrogen) atoms. The van der Waals surface area contributed by atoms with Crippen LogP contribution < -0.4 is 5.32 Å². The van der Waals surface area contributed by atoms with E-state index in [-0.39, 0.29) is 11.5 Å². The maximum absolute atomic E-state index is 11.7. The molecule has 0 saturated heterocycles. The van der Waals surface area contributed by atoms with Crippen LogP contribution in [0.15, 0.2) is 0 Å². The van der Waals surface area contributed by atoms with Crippen molar-refractivity contribution in [1.82, 2.24) is 5.32 Å². The standard InChI is InChI=1S/C14H27NO2/c1-5-17-12(16)11-14(15-4)8-6-7-13(2,3)9-10-14/h15H,5-11H2,1-4H3. The number of rotatable bonds is 4. The summed E-state index contributed by atoms with van der Waals surface area (Å²) in [5, 5.41) is 3.38. The molecule has 100 valence electrons. The van der Waals surface area contributed by atoms with E-state index in [0.717, 1.165) is 12.8 Å². The van der Waals surface area contributed by atoms with Crippen LogP contribution in [0, 0.1) is 5.41 Å². The fourth-order valence-corrected chi connectivity index (χ4v) is 2.74. The van der Waals surface area contributed by atoms with Crippen LogP contribution in [0.4, 0.5) is 0 Å². The van der Waals surface area contributed by atoms with Gasteiger partial charge in [-0.15, -0.1) is 0 Å². The number of hydrogen-bond donors (Lipinski definition) is 1. The van der Waals surface area contributed by atoms with Gasteiger partial charge in [-0.25, -0.2) is 0 Å². The minimum absolute atomic E-state index is 0.0416. The first-order chi connectivity index (χ1) is 7.93. The second kappa shape index (κ2) is 5.85. The molecular weight excluding hydrogens is 214 g/mol. The second-order valence-corrected chi connectivity index (χ2v) is 6.03. The number of hydrogen-bond acceptors (Lipinski definition) is 3. The Balaban J connectivity index is 2.65. The molecule has 0 aromatic rings. The largest absolute Gasteiger partial charge is 0.466 e. The van der Waals surface area contributed by atoms with Crippen LogP contribution >= 0.6 is 0 Å². The molecule has 1 rings (SSSR count). The summed E-state index contributed by atoms with van der Waals surface area (Å²) in [5.41, 5.74) is 0.368. The molecule has 1 aliphatic rings. The molecule has 1 N–H and O–H groups in total. The molecular formula is C14H27NO2. The Bertz CT molecular complexity index is 263. The van der Waals surface area contributed by atoms with Crippen molar-refractivity contribution in [2.75, 3.05) is 13.7 Å². The number of carbonyl (C=O) groups excluding carboxylic acids is 1. The summed E-state index contributed by atoms with van der Waals surface area (Å²) >= 11 is 0. The highest BCUT2D eigenvalue weighted by Crippen LogP contribution is 2.39. The Morgan fingerprint density at radius 1 is 1.24 bits per heavy atom. The van der Waals surface area contributed by atoms with E-state index < -0.39 is 0 Å². The Labute approximate surface area is 105 Å². The van der Waals surface area contributed by atoms with E-state index in [1.165, 1.54) is 19.3 Å². The van der Waals surface area contributed by atoms with Gasteiger partial charge < -0.3 is 10.1 Å². The van der Waals surface area contributed by atoms with Gasteiger partial charge in [0.15, 0.2) is 0 Å². The summed E-state index contributed by atoms with van der Waals surface area (Å²) in [7, 11) is 1.97. The highest BCUT2D eigenvalue weighted by atomic mass is 16.5. The third-order valence-corrected chi connectivity index (χ3v) is 4.11. The molecule has 1 aliphatic carbocycles. The second-order valence-electron chi connectivity index (χ2n) is 6.03. The molecule has 0 aromatic carbocycles. The molecule has 3 nitrogen and oxygen atoms in total. The van der Waals surface area contributed by atoms with Crippen LogP contribution in [-0.4, -0.2) is 25.2 Å². The highest BCUT2D eigenvalue weighted by Gasteiger charge is 2.36. The predicted octanol–water partition coefficient (Wildman–Crippen LogP) is 2.89. The normalized spacial score (nSPS) is 28.5. The van der Waals surface area contributed by atoms with Gasteiger partial charge in [-0.05, 0) is 45.1 Å². The molecule has 0 amide bonds. The third-order valence-electron chi connectivity index (χ3n) is 4.11. The van der Waals surface area contributed by atoms with E-state index in [2.05, 4.69) is 19.2 Å². The smallest absolute Gasteiger partial charge is 0.307 e. The molecule has 0 heterocycles. The van der Waals surface area contributed by atoms with Gasteiger partial charge in [0, 0.05) is 5.54 Å². The summed E-state index contributed by atoms with van der Waals surface area (Å²) in [6.07, 6.45) is 6.26. The molecule has 0 bridgehead atoms. The predicted molar refractivity (Wildman–Crippen MR) is 69.9 cm³/mol. The van der Waals surface area contributed by atoms with Crippen molar-refractivity contribution in [1.29, 1.82) is 0 Å². The van der Waals surface area contributed by atoms with E-state index in [0.29, 0.717) is 18.4 Å². The van der Waals surface area contributed by atoms with Gasteiger partial charge in [-0.1, -0.05) is 20.3 Å². The molecule has 0 spiro atoms. The molecule has 0 aromatic heterocycles. The zero-order valence-electron chi connectivity index (χ0n) is 11.8. The lowest BCUT2D eigenvalue weighted by Gasteiger charge is -2.32. The molecule has 1 fully saturated rings. The van der Waals surface area contributed by atoms with Crippen LogP contribution in [0.25, 0.3) is 0 Å². The lowest BCUT2D eigenvalue weighted by molar-refractivity contribution is -0.145. The first-order valence-corrected chi connectivity index (χ1v) is 6.78. The Morgan fingerprint density at radius 3 is 2.53 bits per heavy atom. The van der Waals surface area contributed by atoms with E-state index in [1.807, 2.05) is 14.0 Å². The maximum atomic E-state index is 11.7. The van der Waals surface area contributed by atoms with Crippen molar-refractivity contribution >= 4 is 5.97 Å². The molecule has 0 aliphatic heterocycles. The van der Waals surface area contributed by atoms with Crippen LogP contribution in [0.2, 0.25) is 0 Å². The summed E-state index contributed by atoms with van der Waals surface area (Å²) in [4.78, 5) is 11.7. The third kappa shape index (κ3) is 4.30. The topological polar surface area (TPSA) is 38.3 Å². The van der Waals surface area contributed by atoms with Crippen molar-refractivity contribution in [2.24, 2.45) is 5.41 Å². The van der Waals surface area contributed by atoms with Gasteiger partial charge >= 0.3 is 5.97 Å². The van der Waals surface area contributed by atoms with Crippen molar-refractivity contribution in [3.63, 3.8) is 0 Å². The summed E-state index contributed by atoms with van der Waals surface area (Å²) in [6, 6.07) is 0. The van der Waals surface area contributed by atoms with Crippen molar-refractivity contribution in [3.8, 4) is 0 Å². The fourth-order valence-electron chi connectivity index (χ4n) is 2.74. The first-order valence-electron chi connectivity index (χ1n) is 6.78. The Morgan fingerprint density at radius 2 is 1.94 bits per heavy atom. The average molecular weight is 241 g/mol. The zero-order chi connectivity index (χ0) is 12.9. The van der Waals surface area contributed by atoms with Crippen LogP contribution in [0.5, 0.6) is 0 Å². The van der Waals surface area contributed by atoms with Crippen LogP contribution in [-0.2, 0) is 9.53 Å². The van der Waals surface area contributed by atoms with E-state index in [4.69, 9.17) is 4.74 Å². The maximum Gasteiger partial charge on any atom is 0.307 e. The summed E-state index contributed by atoms with van der Waals surface area (Å²) in [5.74, 6) is -0.0680. The number of ether oxygens (including phenoxy) is 1. The lowest BCUT2D eigenvalue weighted by Crippen LogP contribution is -2.44. The molecule has 1 atom stereocenters. The summed E-state index contributed by atoms with van der Waals surface area (Å²) in [6.45, 7) is 6.98. The summed E-state index contributed by atoms with van der Waals surface area (Å²) < 4.78 is 5.09. The first kappa shape index (κ1) is 14.5. The van der Waals surface area contributed by atoms with Crippen molar-refractivity contribution in [2.45, 2.75) is 64.8 Å². The molecule has 3 heteroatoms. The number of nitrogens with one attached hydrogen (secondary N) is 1. The van der Waals surface area contributed by atoms with Gasteiger partial charge in [0.05, 0.1) is 13.0 Å². The van der Waals surface area contributed by atoms with Gasteiger partial charge in [0.25, 0.3) is 0 Å².